The van der Waals surface area contributed by atoms with Crippen LogP contribution in [-0.2, 0) is 4.74 Å². The average molecular weight is 480 g/mol. The SMILES string of the molecule is Cc1cc(F)c(C(O)C(O)CCNC(=O)OCC2c3ccccc3-c3ccccc32)cc1[N+](=O)[O-]. The van der Waals surface area contributed by atoms with Gasteiger partial charge < -0.3 is 20.3 Å². The normalized spacial score (nSPS) is 14.1. The molecule has 3 aromatic carbocycles. The number of nitrogens with one attached hydrogen (secondary N) is 1. The summed E-state index contributed by atoms with van der Waals surface area (Å²) in [4.78, 5) is 22.7. The van der Waals surface area contributed by atoms with E-state index in [9.17, 15) is 29.5 Å². The van der Waals surface area contributed by atoms with Crippen LogP contribution in [0.1, 0.15) is 40.7 Å². The number of aliphatic hydroxyl groups is 2. The molecule has 1 aliphatic rings. The average Bonchev–Trinajstić information content (AvgIpc) is 3.16. The minimum atomic E-state index is -1.70. The summed E-state index contributed by atoms with van der Waals surface area (Å²) < 4.78 is 19.6. The van der Waals surface area contributed by atoms with Crippen LogP contribution in [-0.4, -0.2) is 40.5 Å². The van der Waals surface area contributed by atoms with E-state index in [2.05, 4.69) is 5.32 Å². The maximum Gasteiger partial charge on any atom is 0.407 e. The van der Waals surface area contributed by atoms with E-state index in [1.165, 1.54) is 6.92 Å². The molecule has 9 heteroatoms. The van der Waals surface area contributed by atoms with E-state index in [0.29, 0.717) is 0 Å². The molecule has 3 N–H and O–H groups in total. The molecule has 0 aliphatic heterocycles. The zero-order chi connectivity index (χ0) is 25.1. The van der Waals surface area contributed by atoms with Crippen molar-refractivity contribution in [3.63, 3.8) is 0 Å². The minimum Gasteiger partial charge on any atom is -0.449 e. The molecule has 2 unspecified atom stereocenters. The zero-order valence-electron chi connectivity index (χ0n) is 19.0. The van der Waals surface area contributed by atoms with Crippen LogP contribution in [0.3, 0.4) is 0 Å². The van der Waals surface area contributed by atoms with Crippen molar-refractivity contribution in [1.29, 1.82) is 0 Å². The first-order chi connectivity index (χ1) is 16.8. The monoisotopic (exact) mass is 480 g/mol. The highest BCUT2D eigenvalue weighted by Crippen LogP contribution is 2.44. The van der Waals surface area contributed by atoms with Gasteiger partial charge in [0.05, 0.1) is 11.0 Å². The van der Waals surface area contributed by atoms with E-state index in [-0.39, 0.29) is 42.3 Å². The summed E-state index contributed by atoms with van der Waals surface area (Å²) in [6.07, 6.45) is -3.96. The van der Waals surface area contributed by atoms with Crippen LogP contribution in [0.5, 0.6) is 0 Å². The Hall–Kier alpha value is -3.82. The lowest BCUT2D eigenvalue weighted by Gasteiger charge is -2.19. The van der Waals surface area contributed by atoms with Gasteiger partial charge in [-0.05, 0) is 41.7 Å². The number of nitrogens with zero attached hydrogens (tertiary/aromatic N) is 1. The number of ether oxygens (including phenoxy) is 1. The molecule has 0 radical (unpaired) electrons. The zero-order valence-corrected chi connectivity index (χ0v) is 19.0. The van der Waals surface area contributed by atoms with Gasteiger partial charge in [0.1, 0.15) is 18.5 Å². The van der Waals surface area contributed by atoms with Crippen LogP contribution < -0.4 is 5.32 Å². The highest BCUT2D eigenvalue weighted by atomic mass is 19.1. The highest BCUT2D eigenvalue weighted by Gasteiger charge is 2.29. The third kappa shape index (κ3) is 5.01. The van der Waals surface area contributed by atoms with E-state index < -0.39 is 29.0 Å². The molecular weight excluding hydrogens is 455 g/mol. The van der Waals surface area contributed by atoms with Gasteiger partial charge in [-0.25, -0.2) is 9.18 Å². The highest BCUT2D eigenvalue weighted by molar-refractivity contribution is 5.79. The topological polar surface area (TPSA) is 122 Å². The Morgan fingerprint density at radius 1 is 1.11 bits per heavy atom. The lowest BCUT2D eigenvalue weighted by molar-refractivity contribution is -0.385. The quantitative estimate of drug-likeness (QED) is 0.325. The molecule has 4 rings (SSSR count). The van der Waals surface area contributed by atoms with Crippen LogP contribution in [0.15, 0.2) is 60.7 Å². The Balaban J connectivity index is 1.31. The molecule has 0 aromatic heterocycles. The molecule has 0 fully saturated rings. The van der Waals surface area contributed by atoms with Gasteiger partial charge in [0.15, 0.2) is 0 Å². The van der Waals surface area contributed by atoms with Gasteiger partial charge in [-0.15, -0.1) is 0 Å². The first-order valence-electron chi connectivity index (χ1n) is 11.2. The maximum atomic E-state index is 14.2. The number of carbonyl (C=O) groups excluding carboxylic acids is 1. The fourth-order valence-corrected chi connectivity index (χ4v) is 4.44. The molecule has 0 spiro atoms. The molecule has 0 heterocycles. The molecule has 182 valence electrons. The van der Waals surface area contributed by atoms with Crippen molar-refractivity contribution in [2.24, 2.45) is 0 Å². The Bertz CT molecular complexity index is 1220. The number of amides is 1. The van der Waals surface area contributed by atoms with Crippen molar-refractivity contribution in [2.45, 2.75) is 31.5 Å². The first kappa shape index (κ1) is 24.3. The number of aliphatic hydroxyl groups excluding tert-OH is 2. The largest absolute Gasteiger partial charge is 0.449 e. The second-order valence-electron chi connectivity index (χ2n) is 8.47. The van der Waals surface area contributed by atoms with E-state index in [4.69, 9.17) is 4.74 Å². The predicted octanol–water partition coefficient (Wildman–Crippen LogP) is 4.37. The molecule has 0 saturated heterocycles. The van der Waals surface area contributed by atoms with E-state index >= 15 is 0 Å². The second kappa shape index (κ2) is 10.2. The number of rotatable bonds is 8. The summed E-state index contributed by atoms with van der Waals surface area (Å²) in [5, 5.41) is 34.2. The Morgan fingerprint density at radius 3 is 2.31 bits per heavy atom. The van der Waals surface area contributed by atoms with Crippen LogP contribution in [0.25, 0.3) is 11.1 Å². The number of benzene rings is 3. The number of halogens is 1. The lowest BCUT2D eigenvalue weighted by atomic mass is 9.98. The van der Waals surface area contributed by atoms with Gasteiger partial charge in [-0.1, -0.05) is 48.5 Å². The number of carbonyl (C=O) groups is 1. The molecule has 2 atom stereocenters. The number of hydrogen-bond donors (Lipinski definition) is 3. The molecule has 35 heavy (non-hydrogen) atoms. The number of nitro benzene ring substituents is 1. The number of hydrogen-bond acceptors (Lipinski definition) is 6. The fourth-order valence-electron chi connectivity index (χ4n) is 4.44. The third-order valence-electron chi connectivity index (χ3n) is 6.25. The standard InChI is InChI=1S/C26H25FN2O6/c1-15-12-22(27)20(13-23(15)29(33)34)25(31)24(30)10-11-28-26(32)35-14-21-18-8-4-2-6-16(18)17-7-3-5-9-19(17)21/h2-9,12-13,21,24-25,30-31H,10-11,14H2,1H3,(H,28,32). The molecule has 0 saturated carbocycles. The van der Waals surface area contributed by atoms with Gasteiger partial charge in [-0.2, -0.15) is 0 Å². The number of nitro groups is 1. The van der Waals surface area contributed by atoms with Crippen molar-refractivity contribution in [2.75, 3.05) is 13.2 Å². The summed E-state index contributed by atoms with van der Waals surface area (Å²) in [6, 6.07) is 17.7. The minimum absolute atomic E-state index is 0.0511. The van der Waals surface area contributed by atoms with Crippen molar-refractivity contribution in [3.05, 3.63) is 98.8 Å². The van der Waals surface area contributed by atoms with Gasteiger partial charge in [0.25, 0.3) is 5.69 Å². The van der Waals surface area contributed by atoms with Crippen molar-refractivity contribution >= 4 is 11.8 Å². The summed E-state index contributed by atoms with van der Waals surface area (Å²) in [5.74, 6) is -0.954. The third-order valence-corrected chi connectivity index (χ3v) is 6.25. The van der Waals surface area contributed by atoms with E-state index in [1.807, 2.05) is 48.5 Å². The Morgan fingerprint density at radius 2 is 1.71 bits per heavy atom. The number of fused-ring (bicyclic) bond motifs is 3. The summed E-state index contributed by atoms with van der Waals surface area (Å²) >= 11 is 0. The number of aryl methyl sites for hydroxylation is 1. The molecular formula is C26H25FN2O6. The first-order valence-corrected chi connectivity index (χ1v) is 11.2. The van der Waals surface area contributed by atoms with Crippen LogP contribution in [0.4, 0.5) is 14.9 Å². The smallest absolute Gasteiger partial charge is 0.407 e. The van der Waals surface area contributed by atoms with Gasteiger partial charge in [0, 0.05) is 29.7 Å². The van der Waals surface area contributed by atoms with E-state index in [1.54, 1.807) is 0 Å². The summed E-state index contributed by atoms with van der Waals surface area (Å²) in [7, 11) is 0. The van der Waals surface area contributed by atoms with Crippen molar-refractivity contribution < 1.29 is 29.1 Å². The summed E-state index contributed by atoms with van der Waals surface area (Å²) in [5.41, 5.74) is 3.74. The van der Waals surface area contributed by atoms with E-state index in [0.717, 1.165) is 34.4 Å². The van der Waals surface area contributed by atoms with Gasteiger partial charge in [-0.3, -0.25) is 10.1 Å². The Labute approximate surface area is 201 Å². The predicted molar refractivity (Wildman–Crippen MR) is 126 cm³/mol. The van der Waals surface area contributed by atoms with Crippen LogP contribution >= 0.6 is 0 Å². The van der Waals surface area contributed by atoms with Crippen LogP contribution in [0, 0.1) is 22.9 Å². The van der Waals surface area contributed by atoms with Gasteiger partial charge in [0.2, 0.25) is 0 Å². The van der Waals surface area contributed by atoms with Crippen LogP contribution in [0.2, 0.25) is 0 Å². The number of alkyl carbamates (subject to hydrolysis) is 1. The summed E-state index contributed by atoms with van der Waals surface area (Å²) in [6.45, 7) is 1.46. The maximum absolute atomic E-state index is 14.2. The fraction of sp³-hybridized carbons (Fsp3) is 0.269. The Kier molecular flexibility index (Phi) is 7.09. The molecule has 0 bridgehead atoms. The molecule has 1 amide bonds. The molecule has 8 nitrogen and oxygen atoms in total. The second-order valence-corrected chi connectivity index (χ2v) is 8.47. The van der Waals surface area contributed by atoms with Crippen molar-refractivity contribution in [1.82, 2.24) is 5.32 Å². The van der Waals surface area contributed by atoms with Crippen molar-refractivity contribution in [3.8, 4) is 11.1 Å². The van der Waals surface area contributed by atoms with Gasteiger partial charge >= 0.3 is 6.09 Å². The molecule has 1 aliphatic carbocycles. The lowest BCUT2D eigenvalue weighted by Crippen LogP contribution is -2.31. The molecule has 3 aromatic rings.